The van der Waals surface area contributed by atoms with E-state index in [1.54, 1.807) is 35.0 Å². The molecule has 3 aromatic heterocycles. The monoisotopic (exact) mass is 465 g/mol. The summed E-state index contributed by atoms with van der Waals surface area (Å²) in [7, 11) is 0. The highest BCUT2D eigenvalue weighted by molar-refractivity contribution is 5.68. The van der Waals surface area contributed by atoms with Gasteiger partial charge in [0.05, 0.1) is 23.6 Å². The van der Waals surface area contributed by atoms with E-state index in [4.69, 9.17) is 15.2 Å². The Labute approximate surface area is 200 Å². The number of aromatic nitrogens is 4. The molecule has 8 heteroatoms. The van der Waals surface area contributed by atoms with Crippen LogP contribution in [-0.4, -0.2) is 26.4 Å². The predicted molar refractivity (Wildman–Crippen MR) is 134 cm³/mol. The van der Waals surface area contributed by atoms with E-state index in [1.165, 1.54) is 0 Å². The lowest BCUT2D eigenvalue weighted by molar-refractivity contribution is 0.433. The molecule has 0 aliphatic heterocycles. The Kier molecular flexibility index (Phi) is 6.98. The van der Waals surface area contributed by atoms with Crippen molar-refractivity contribution in [2.24, 2.45) is 5.73 Å². The first-order chi connectivity index (χ1) is 16.4. The summed E-state index contributed by atoms with van der Waals surface area (Å²) in [6.45, 7) is 5.35. The van der Waals surface area contributed by atoms with E-state index in [0.717, 1.165) is 24.0 Å². The normalized spacial score (nSPS) is 12.3. The summed E-state index contributed by atoms with van der Waals surface area (Å²) in [5.74, 6) is 0.468. The molecule has 0 amide bonds. The number of pyridine rings is 1. The lowest BCUT2D eigenvalue weighted by atomic mass is 10.0. The molecule has 0 aliphatic rings. The second-order valence-corrected chi connectivity index (χ2v) is 8.29. The highest BCUT2D eigenvalue weighted by atomic mass is 19.1. The first-order valence-electron chi connectivity index (χ1n) is 11.4. The first-order valence-corrected chi connectivity index (χ1v) is 11.4. The number of hydrogen-bond acceptors (Lipinski definition) is 6. The molecular weight excluding hydrogens is 433 g/mol. The van der Waals surface area contributed by atoms with Crippen LogP contribution >= 0.6 is 0 Å². The van der Waals surface area contributed by atoms with E-state index in [9.17, 15) is 9.18 Å². The van der Waals surface area contributed by atoms with Gasteiger partial charge in [-0.3, -0.25) is 9.78 Å². The highest BCUT2D eigenvalue weighted by Gasteiger charge is 2.17. The van der Waals surface area contributed by atoms with Gasteiger partial charge in [-0.15, -0.1) is 0 Å². The van der Waals surface area contributed by atoms with Gasteiger partial charge in [0.1, 0.15) is 18.1 Å². The topological polar surface area (TPSA) is 99.8 Å². The molecule has 4 aromatic rings. The molecule has 0 saturated heterocycles. The van der Waals surface area contributed by atoms with Crippen LogP contribution in [0.5, 0.6) is 0 Å². The van der Waals surface area contributed by atoms with Crippen LogP contribution in [0.4, 0.5) is 4.39 Å². The molecule has 3 heterocycles. The number of benzene rings is 1. The molecule has 0 radical (unpaired) electrons. The summed E-state index contributed by atoms with van der Waals surface area (Å²) in [5.41, 5.74) is 10.5. The molecule has 1 atom stereocenters. The molecule has 0 aliphatic carbocycles. The quantitative estimate of drug-likeness (QED) is 0.355. The van der Waals surface area contributed by atoms with Crippen LogP contribution in [0.25, 0.3) is 34.0 Å². The molecular formula is C26H32FN5O2. The molecule has 7 nitrogen and oxygen atoms in total. The fraction of sp³-hybridized carbons (Fsp3) is 0.308. The van der Waals surface area contributed by atoms with Gasteiger partial charge in [-0.25, -0.2) is 9.37 Å². The Bertz CT molecular complexity index is 1350. The third-order valence-electron chi connectivity index (χ3n) is 6.05. The van der Waals surface area contributed by atoms with E-state index in [1.807, 2.05) is 31.3 Å². The van der Waals surface area contributed by atoms with Crippen LogP contribution in [0.15, 0.2) is 64.2 Å². The van der Waals surface area contributed by atoms with Crippen molar-refractivity contribution in [3.63, 3.8) is 0 Å². The fourth-order valence-corrected chi connectivity index (χ4v) is 3.98. The zero-order valence-corrected chi connectivity index (χ0v) is 19.5. The Morgan fingerprint density at radius 1 is 1.12 bits per heavy atom. The molecule has 1 unspecified atom stereocenters. The summed E-state index contributed by atoms with van der Waals surface area (Å²) < 4.78 is 20.4. The second-order valence-electron chi connectivity index (χ2n) is 8.29. The number of alkyl halides is 1. The van der Waals surface area contributed by atoms with Gasteiger partial charge in [0.15, 0.2) is 5.76 Å². The second kappa shape index (κ2) is 10.1. The Balaban J connectivity index is 0.00000228. The maximum absolute atomic E-state index is 13.0. The average Bonchev–Trinajstić information content (AvgIpc) is 3.36. The van der Waals surface area contributed by atoms with Gasteiger partial charge in [0.25, 0.3) is 5.56 Å². The van der Waals surface area contributed by atoms with E-state index in [-0.39, 0.29) is 14.5 Å². The van der Waals surface area contributed by atoms with Crippen molar-refractivity contribution in [2.45, 2.75) is 45.7 Å². The molecule has 4 rings (SSSR count). The van der Waals surface area contributed by atoms with Crippen molar-refractivity contribution >= 4 is 0 Å². The van der Waals surface area contributed by atoms with Gasteiger partial charge in [-0.05, 0) is 37.5 Å². The minimum absolute atomic E-state index is 0. The number of nitrogens with two attached hydrogens (primary N) is 1. The SMILES string of the molecule is CCC(CC)n1cc(-c2cnc(C)c(-c3cc(-c4cccc(C(N)CF)c4)no3)n2)ccc1=O.[HH].[HH]. The van der Waals surface area contributed by atoms with E-state index in [2.05, 4.69) is 24.0 Å². The number of nitrogens with zero attached hydrogens (tertiary/aromatic N) is 4. The lowest BCUT2D eigenvalue weighted by Gasteiger charge is -2.17. The van der Waals surface area contributed by atoms with E-state index in [0.29, 0.717) is 34.1 Å². The summed E-state index contributed by atoms with van der Waals surface area (Å²) in [4.78, 5) is 21.7. The van der Waals surface area contributed by atoms with E-state index >= 15 is 0 Å². The fourth-order valence-electron chi connectivity index (χ4n) is 3.98. The van der Waals surface area contributed by atoms with Gasteiger partial charge < -0.3 is 14.8 Å². The Morgan fingerprint density at radius 2 is 1.91 bits per heavy atom. The molecule has 34 heavy (non-hydrogen) atoms. The molecule has 0 saturated carbocycles. The van der Waals surface area contributed by atoms with Crippen LogP contribution < -0.4 is 11.3 Å². The first kappa shape index (κ1) is 23.5. The number of aryl methyl sites for hydroxylation is 1. The zero-order chi connectivity index (χ0) is 24.2. The maximum Gasteiger partial charge on any atom is 0.250 e. The summed E-state index contributed by atoms with van der Waals surface area (Å²) >= 11 is 0. The van der Waals surface area contributed by atoms with Crippen LogP contribution in [0.3, 0.4) is 0 Å². The highest BCUT2D eigenvalue weighted by Crippen LogP contribution is 2.29. The van der Waals surface area contributed by atoms with Gasteiger partial charge >= 0.3 is 0 Å². The third-order valence-corrected chi connectivity index (χ3v) is 6.05. The number of halogens is 1. The predicted octanol–water partition coefficient (Wildman–Crippen LogP) is 5.76. The largest absolute Gasteiger partial charge is 0.354 e. The van der Waals surface area contributed by atoms with Crippen LogP contribution in [0.2, 0.25) is 0 Å². The van der Waals surface area contributed by atoms with Crippen molar-refractivity contribution in [3.05, 3.63) is 76.5 Å². The van der Waals surface area contributed by atoms with Gasteiger partial charge in [0, 0.05) is 38.4 Å². The number of hydrogen-bond donors (Lipinski definition) is 1. The molecule has 0 bridgehead atoms. The molecule has 0 fully saturated rings. The van der Waals surface area contributed by atoms with Crippen molar-refractivity contribution in [1.29, 1.82) is 0 Å². The summed E-state index contributed by atoms with van der Waals surface area (Å²) in [5, 5.41) is 4.18. The lowest BCUT2D eigenvalue weighted by Crippen LogP contribution is -2.23. The minimum Gasteiger partial charge on any atom is -0.354 e. The smallest absolute Gasteiger partial charge is 0.250 e. The van der Waals surface area contributed by atoms with Crippen molar-refractivity contribution in [1.82, 2.24) is 19.7 Å². The Hall–Kier alpha value is -3.65. The summed E-state index contributed by atoms with van der Waals surface area (Å²) in [6.07, 6.45) is 5.26. The minimum atomic E-state index is -0.681. The van der Waals surface area contributed by atoms with Crippen molar-refractivity contribution in [3.8, 4) is 34.0 Å². The van der Waals surface area contributed by atoms with E-state index < -0.39 is 12.7 Å². The standard InChI is InChI=1S/C26H28FN5O2.2H2/c1-4-20(5-2)32-15-19(9-10-25(32)33)23-14-29-16(3)26(30-23)24-12-22(31-34-24)18-8-6-7-17(11-18)21(28)13-27;;/h6-12,14-15,20-21H,4-5,13,28H2,1-3H3;2*1H. The molecule has 1 aromatic carbocycles. The van der Waals surface area contributed by atoms with Crippen LogP contribution in [0.1, 0.15) is 52.9 Å². The van der Waals surface area contributed by atoms with Gasteiger partial charge in [0.2, 0.25) is 0 Å². The third kappa shape index (κ3) is 4.68. The van der Waals surface area contributed by atoms with Gasteiger partial charge in [-0.1, -0.05) is 37.2 Å². The van der Waals surface area contributed by atoms with Crippen molar-refractivity contribution < 1.29 is 11.8 Å². The molecule has 180 valence electrons. The van der Waals surface area contributed by atoms with Gasteiger partial charge in [-0.2, -0.15) is 0 Å². The maximum atomic E-state index is 13.0. The zero-order valence-electron chi connectivity index (χ0n) is 19.5. The van der Waals surface area contributed by atoms with Crippen molar-refractivity contribution in [2.75, 3.05) is 6.67 Å². The molecule has 2 N–H and O–H groups in total. The van der Waals surface area contributed by atoms with Crippen LogP contribution in [0, 0.1) is 6.92 Å². The number of rotatable bonds is 8. The Morgan fingerprint density at radius 3 is 2.65 bits per heavy atom. The average molecular weight is 466 g/mol. The van der Waals surface area contributed by atoms with Crippen LogP contribution in [-0.2, 0) is 0 Å². The summed E-state index contributed by atoms with van der Waals surface area (Å²) in [6, 6.07) is 11.8. The molecule has 0 spiro atoms.